The van der Waals surface area contributed by atoms with Gasteiger partial charge in [0, 0.05) is 24.6 Å². The fourth-order valence-electron chi connectivity index (χ4n) is 9.06. The summed E-state index contributed by atoms with van der Waals surface area (Å²) in [7, 11) is 4.53. The Labute approximate surface area is 395 Å². The molecule has 10 unspecified atom stereocenters. The van der Waals surface area contributed by atoms with Crippen molar-refractivity contribution < 1.29 is 64.0 Å². The lowest BCUT2D eigenvalue weighted by molar-refractivity contribution is -0.364. The van der Waals surface area contributed by atoms with Gasteiger partial charge in [-0.2, -0.15) is 0 Å². The molecule has 0 saturated carbocycles. The number of phenols is 1. The number of aryl methyl sites for hydroxylation is 1. The topological polar surface area (TPSA) is 272 Å². The van der Waals surface area contributed by atoms with Crippen molar-refractivity contribution >= 4 is 63.4 Å². The smallest absolute Gasteiger partial charge is 0.335 e. The van der Waals surface area contributed by atoms with Gasteiger partial charge in [-0.25, -0.2) is 4.79 Å². The molecule has 10 N–H and O–H groups in total. The number of rotatable bonds is 15. The average molecular weight is 961 g/mol. The molecule has 4 heterocycles. The van der Waals surface area contributed by atoms with Crippen molar-refractivity contribution in [2.45, 2.75) is 68.2 Å². The Kier molecular flexibility index (Phi) is 16.2. The van der Waals surface area contributed by atoms with Crippen LogP contribution in [0.5, 0.6) is 17.2 Å². The number of ether oxygens (including phenoxy) is 4. The number of aldehydes is 1. The summed E-state index contributed by atoms with van der Waals surface area (Å²) in [5.74, 6) is -3.65. The average Bonchev–Trinajstić information content (AvgIpc) is 3.85. The number of carboxylic acids is 1. The zero-order valence-electron chi connectivity index (χ0n) is 36.9. The molecule has 358 valence electrons. The SMILES string of the molecule is CNCCCc1ccccc1C=CCC(C)C1CNC(O)C2(O)C(Oc3ccc4c(c3)OC(C(N)=O)C(c3ccc(O)cc3)=C4O)OC(C(=O)O)C(O)C2(C=O)OCSSCC1C1=CCN=C1. The minimum atomic E-state index is -3.07. The Morgan fingerprint density at radius 3 is 2.58 bits per heavy atom. The van der Waals surface area contributed by atoms with Crippen LogP contribution in [-0.2, 0) is 30.3 Å². The molecule has 3 aromatic rings. The van der Waals surface area contributed by atoms with E-state index >= 15 is 0 Å². The van der Waals surface area contributed by atoms with Crippen LogP contribution in [0.4, 0.5) is 0 Å². The Hall–Kier alpha value is -5.22. The molecule has 3 aromatic carbocycles. The van der Waals surface area contributed by atoms with E-state index in [0.717, 1.165) is 30.5 Å². The highest BCUT2D eigenvalue weighted by atomic mass is 33.1. The van der Waals surface area contributed by atoms with Gasteiger partial charge in [0.2, 0.25) is 18.0 Å². The Balaban J connectivity index is 1.22. The van der Waals surface area contributed by atoms with Crippen LogP contribution in [0, 0.1) is 17.8 Å². The van der Waals surface area contributed by atoms with Crippen molar-refractivity contribution in [3.8, 4) is 17.2 Å². The number of carbonyl (C=O) groups is 3. The van der Waals surface area contributed by atoms with E-state index in [2.05, 4.69) is 52.9 Å². The van der Waals surface area contributed by atoms with Gasteiger partial charge in [0.1, 0.15) is 41.3 Å². The van der Waals surface area contributed by atoms with Crippen LogP contribution in [-0.4, -0.2) is 135 Å². The summed E-state index contributed by atoms with van der Waals surface area (Å²) in [5, 5.41) is 74.7. The molecule has 1 amide bonds. The zero-order chi connectivity index (χ0) is 47.9. The maximum absolute atomic E-state index is 13.4. The van der Waals surface area contributed by atoms with E-state index in [1.807, 2.05) is 25.4 Å². The van der Waals surface area contributed by atoms with Gasteiger partial charge in [-0.1, -0.05) is 83.1 Å². The minimum absolute atomic E-state index is 0.0201. The molecule has 0 aromatic heterocycles. The zero-order valence-corrected chi connectivity index (χ0v) is 38.5. The molecule has 0 bridgehead atoms. The van der Waals surface area contributed by atoms with E-state index in [-0.39, 0.29) is 70.7 Å². The number of hydrogen-bond acceptors (Lipinski definition) is 17. The number of carbonyl (C=O) groups excluding carboxylic acids is 2. The first-order valence-electron chi connectivity index (χ1n) is 21.9. The molecule has 0 radical (unpaired) electrons. The first kappa shape index (κ1) is 49.7. The molecule has 17 nitrogen and oxygen atoms in total. The number of aliphatic carboxylic acids is 1. The molecule has 19 heteroatoms. The summed E-state index contributed by atoms with van der Waals surface area (Å²) in [5.41, 5.74) is 3.57. The number of nitrogens with one attached hydrogen (secondary N) is 2. The molecule has 7 rings (SSSR count). The fraction of sp³-hybridized carbons (Fsp3) is 0.417. The summed E-state index contributed by atoms with van der Waals surface area (Å²) in [6.45, 7) is 3.55. The number of amides is 1. The van der Waals surface area contributed by atoms with Crippen molar-refractivity contribution in [2.75, 3.05) is 38.4 Å². The largest absolute Gasteiger partial charge is 0.508 e. The van der Waals surface area contributed by atoms with Gasteiger partial charge in [0.05, 0.1) is 17.7 Å². The van der Waals surface area contributed by atoms with Gasteiger partial charge >= 0.3 is 5.97 Å². The number of nitrogens with zero attached hydrogens (tertiary/aromatic N) is 1. The number of carboxylic acid groups (broad SMARTS) is 1. The van der Waals surface area contributed by atoms with Gasteiger partial charge in [0.15, 0.2) is 18.0 Å². The first-order valence-corrected chi connectivity index (χ1v) is 24.4. The second-order valence-electron chi connectivity index (χ2n) is 16.9. The van der Waals surface area contributed by atoms with Crippen LogP contribution in [0.2, 0.25) is 0 Å². The number of phenolic OH excluding ortho intramolecular Hbond substituents is 1. The van der Waals surface area contributed by atoms with Crippen LogP contribution < -0.4 is 25.8 Å². The molecule has 4 aliphatic rings. The fourth-order valence-corrected chi connectivity index (χ4v) is 11.1. The third-order valence-electron chi connectivity index (χ3n) is 12.8. The number of aliphatic imine (C=N–C) groups is 1. The Morgan fingerprint density at radius 2 is 1.88 bits per heavy atom. The van der Waals surface area contributed by atoms with Crippen LogP contribution in [0.1, 0.15) is 42.0 Å². The predicted octanol–water partition coefficient (Wildman–Crippen LogP) is 3.69. The van der Waals surface area contributed by atoms with Crippen LogP contribution in [0.15, 0.2) is 89.4 Å². The molecule has 4 aliphatic heterocycles. The highest BCUT2D eigenvalue weighted by Crippen LogP contribution is 2.47. The van der Waals surface area contributed by atoms with E-state index in [1.54, 1.807) is 0 Å². The Morgan fingerprint density at radius 1 is 1.10 bits per heavy atom. The number of nitrogens with two attached hydrogens (primary N) is 1. The minimum Gasteiger partial charge on any atom is -0.508 e. The number of benzene rings is 3. The number of primary amides is 1. The Bertz CT molecular complexity index is 2400. The lowest BCUT2D eigenvalue weighted by atomic mass is 9.72. The second kappa shape index (κ2) is 21.8. The molecule has 0 aliphatic carbocycles. The summed E-state index contributed by atoms with van der Waals surface area (Å²) >= 11 is 0. The van der Waals surface area contributed by atoms with Crippen molar-refractivity contribution in [3.05, 3.63) is 107 Å². The third-order valence-corrected chi connectivity index (χ3v) is 14.8. The molecule has 0 spiro atoms. The quantitative estimate of drug-likeness (QED) is 0.0597. The number of fused-ring (bicyclic) bond motifs is 2. The second-order valence-corrected chi connectivity index (χ2v) is 19.3. The van der Waals surface area contributed by atoms with E-state index in [9.17, 15) is 45.0 Å². The number of aromatic hydroxyl groups is 1. The van der Waals surface area contributed by atoms with Crippen molar-refractivity contribution in [2.24, 2.45) is 28.5 Å². The maximum Gasteiger partial charge on any atom is 0.335 e. The third kappa shape index (κ3) is 10.3. The highest BCUT2D eigenvalue weighted by molar-refractivity contribution is 8.76. The van der Waals surface area contributed by atoms with Gasteiger partial charge in [-0.3, -0.25) is 19.9 Å². The molecule has 2 fully saturated rings. The standard InChI is InChI=1S/C48H56N4O13S2/c1-27(7-5-10-28-8-3-4-9-29(28)11-6-19-50-2)35-23-52-45(60)48(61)46(65-41(44(58)59)42(56)47(48,25-53)62-26-67-66-24-36(35)31-18-20-51-22-31)63-33-16-17-34-37(21-33)64-40(43(49)57)38(39(34)55)30-12-14-32(54)15-13-30/h3-5,8-10,12-18,21-22,25,27,35-36,40-42,45-46,50,52,54-56,60-61H,6-7,11,19-20,23-24,26H2,1-2H3,(H2,49,57)(H,58,59). The lowest BCUT2D eigenvalue weighted by Gasteiger charge is -2.55. The van der Waals surface area contributed by atoms with Crippen LogP contribution in [0.25, 0.3) is 17.4 Å². The van der Waals surface area contributed by atoms with Gasteiger partial charge in [0.25, 0.3) is 5.91 Å². The lowest BCUT2D eigenvalue weighted by Crippen LogP contribution is -2.82. The van der Waals surface area contributed by atoms with Crippen molar-refractivity contribution in [1.29, 1.82) is 0 Å². The number of hydrogen-bond donors (Lipinski definition) is 9. The van der Waals surface area contributed by atoms with E-state index < -0.39 is 53.9 Å². The molecular weight excluding hydrogens is 905 g/mol. The number of aliphatic hydroxyl groups is 4. The van der Waals surface area contributed by atoms with E-state index in [0.29, 0.717) is 24.3 Å². The molecule has 67 heavy (non-hydrogen) atoms. The highest BCUT2D eigenvalue weighted by Gasteiger charge is 2.72. The summed E-state index contributed by atoms with van der Waals surface area (Å²) in [6, 6.07) is 17.8. The van der Waals surface area contributed by atoms with Gasteiger partial charge in [-0.05, 0) is 97.1 Å². The van der Waals surface area contributed by atoms with Crippen LogP contribution in [0.3, 0.4) is 0 Å². The number of allylic oxidation sites excluding steroid dienone is 2. The van der Waals surface area contributed by atoms with E-state index in [4.69, 9.17) is 24.7 Å². The van der Waals surface area contributed by atoms with Crippen molar-refractivity contribution in [3.63, 3.8) is 0 Å². The van der Waals surface area contributed by atoms with Gasteiger partial charge in [-0.15, -0.1) is 0 Å². The van der Waals surface area contributed by atoms with Crippen molar-refractivity contribution in [1.82, 2.24) is 10.6 Å². The summed E-state index contributed by atoms with van der Waals surface area (Å²) in [6.07, 6.45) is 0.185. The van der Waals surface area contributed by atoms with E-state index in [1.165, 1.54) is 69.6 Å². The first-order chi connectivity index (χ1) is 32.2. The van der Waals surface area contributed by atoms with Gasteiger partial charge < -0.3 is 60.6 Å². The monoisotopic (exact) mass is 960 g/mol. The normalized spacial score (nSPS) is 29.4. The summed E-state index contributed by atoms with van der Waals surface area (Å²) < 4.78 is 23.9. The maximum atomic E-state index is 13.4. The summed E-state index contributed by atoms with van der Waals surface area (Å²) in [4.78, 5) is 43.3. The van der Waals surface area contributed by atoms with Crippen LogP contribution >= 0.6 is 21.6 Å². The molecule has 2 saturated heterocycles. The molecular formula is C48H56N4O13S2. The number of aliphatic hydroxyl groups excluding tert-OH is 3. The predicted molar refractivity (Wildman–Crippen MR) is 254 cm³/mol. The molecule has 10 atom stereocenters.